The van der Waals surface area contributed by atoms with Crippen LogP contribution >= 0.6 is 23.1 Å². The van der Waals surface area contributed by atoms with Crippen molar-refractivity contribution in [1.82, 2.24) is 0 Å². The van der Waals surface area contributed by atoms with E-state index in [2.05, 4.69) is 11.4 Å². The van der Waals surface area contributed by atoms with Gasteiger partial charge in [-0.3, -0.25) is 4.79 Å². The van der Waals surface area contributed by atoms with Crippen LogP contribution in [-0.2, 0) is 17.6 Å². The number of nitriles is 1. The van der Waals surface area contributed by atoms with E-state index in [9.17, 15) is 14.4 Å². The first kappa shape index (κ1) is 18.0. The largest absolute Gasteiger partial charge is 0.317 e. The number of nitrogens with zero attached hydrogens (tertiary/aromatic N) is 1. The fraction of sp³-hybridized carbons (Fsp3) is 0.368. The van der Waals surface area contributed by atoms with Crippen molar-refractivity contribution in [3.05, 3.63) is 46.1 Å². The molecule has 1 aliphatic carbocycles. The van der Waals surface area contributed by atoms with Crippen molar-refractivity contribution in [3.63, 3.8) is 0 Å². The summed E-state index contributed by atoms with van der Waals surface area (Å²) in [6.45, 7) is 0. The highest BCUT2D eigenvalue weighted by molar-refractivity contribution is 7.99. The molecule has 0 bridgehead atoms. The van der Waals surface area contributed by atoms with E-state index in [0.29, 0.717) is 22.7 Å². The van der Waals surface area contributed by atoms with Crippen molar-refractivity contribution in [1.29, 1.82) is 5.26 Å². The molecule has 3 rings (SSSR count). The summed E-state index contributed by atoms with van der Waals surface area (Å²) in [7, 11) is 0. The Bertz CT molecular complexity index is 793. The molecule has 0 spiro atoms. The Hall–Kier alpha value is -1.84. The Balaban J connectivity index is 1.57. The molecule has 0 saturated heterocycles. The van der Waals surface area contributed by atoms with Crippen LogP contribution in [0.2, 0.25) is 0 Å². The van der Waals surface area contributed by atoms with Gasteiger partial charge in [0.15, 0.2) is 0 Å². The summed E-state index contributed by atoms with van der Waals surface area (Å²) in [5, 5.41) is 13.1. The van der Waals surface area contributed by atoms with Gasteiger partial charge in [0, 0.05) is 21.9 Å². The van der Waals surface area contributed by atoms with Crippen LogP contribution in [0.25, 0.3) is 0 Å². The van der Waals surface area contributed by atoms with E-state index in [1.165, 1.54) is 35.2 Å². The van der Waals surface area contributed by atoms with E-state index in [1.54, 1.807) is 23.5 Å². The molecule has 6 heteroatoms. The zero-order chi connectivity index (χ0) is 17.6. The number of amides is 1. The smallest absolute Gasteiger partial charge is 0.225 e. The van der Waals surface area contributed by atoms with Crippen molar-refractivity contribution in [2.45, 2.75) is 43.4 Å². The van der Waals surface area contributed by atoms with Gasteiger partial charge in [0.2, 0.25) is 5.91 Å². The second-order valence-corrected chi connectivity index (χ2v) is 8.25. The number of thioether (sulfide) groups is 1. The van der Waals surface area contributed by atoms with Crippen molar-refractivity contribution in [2.24, 2.45) is 0 Å². The number of halogens is 1. The van der Waals surface area contributed by atoms with Gasteiger partial charge in [0.1, 0.15) is 16.9 Å². The first-order chi connectivity index (χ1) is 12.2. The number of nitrogens with one attached hydrogen (secondary N) is 1. The number of hydrogen-bond donors (Lipinski definition) is 1. The monoisotopic (exact) mass is 374 g/mol. The van der Waals surface area contributed by atoms with E-state index >= 15 is 0 Å². The normalized spacial score (nSPS) is 13.6. The van der Waals surface area contributed by atoms with Crippen molar-refractivity contribution in [2.75, 3.05) is 11.1 Å². The van der Waals surface area contributed by atoms with Crippen molar-refractivity contribution >= 4 is 34.0 Å². The summed E-state index contributed by atoms with van der Waals surface area (Å²) >= 11 is 3.08. The van der Waals surface area contributed by atoms with Crippen LogP contribution < -0.4 is 5.32 Å². The molecule has 1 aromatic heterocycles. The lowest BCUT2D eigenvalue weighted by molar-refractivity contribution is -0.115. The van der Waals surface area contributed by atoms with Gasteiger partial charge in [-0.15, -0.1) is 23.1 Å². The summed E-state index contributed by atoms with van der Waals surface area (Å²) in [5.74, 6) is 0.274. The van der Waals surface area contributed by atoms with E-state index < -0.39 is 0 Å². The number of carbonyl (C=O) groups excluding carboxylic acids is 1. The Morgan fingerprint density at radius 2 is 2.00 bits per heavy atom. The number of aryl methyl sites for hydroxylation is 1. The maximum atomic E-state index is 12.9. The highest BCUT2D eigenvalue weighted by atomic mass is 32.2. The fourth-order valence-electron chi connectivity index (χ4n) is 2.93. The standard InChI is InChI=1S/C19H19FN2OS2/c20-13-6-8-14(9-7-13)24-11-10-18(23)22-19-16(12-21)15-4-2-1-3-5-17(15)25-19/h6-9H,1-5,10-11H2,(H,22,23). The number of carbonyl (C=O) groups is 1. The van der Waals surface area contributed by atoms with Gasteiger partial charge in [-0.05, 0) is 55.5 Å². The summed E-state index contributed by atoms with van der Waals surface area (Å²) < 4.78 is 12.9. The minimum absolute atomic E-state index is 0.0810. The van der Waals surface area contributed by atoms with Crippen LogP contribution in [0.5, 0.6) is 0 Å². The predicted octanol–water partition coefficient (Wildman–Crippen LogP) is 5.15. The molecule has 3 nitrogen and oxygen atoms in total. The first-order valence-corrected chi connectivity index (χ1v) is 10.2. The maximum absolute atomic E-state index is 12.9. The molecule has 0 aliphatic heterocycles. The van der Waals surface area contributed by atoms with E-state index in [-0.39, 0.29) is 11.7 Å². The van der Waals surface area contributed by atoms with Crippen LogP contribution in [0.3, 0.4) is 0 Å². The minimum atomic E-state index is -0.261. The lowest BCUT2D eigenvalue weighted by Crippen LogP contribution is -2.12. The van der Waals surface area contributed by atoms with Crippen molar-refractivity contribution in [3.8, 4) is 6.07 Å². The van der Waals surface area contributed by atoms with Gasteiger partial charge in [-0.25, -0.2) is 4.39 Å². The van der Waals surface area contributed by atoms with Crippen LogP contribution in [0.15, 0.2) is 29.2 Å². The molecule has 1 N–H and O–H groups in total. The molecule has 0 radical (unpaired) electrons. The fourth-order valence-corrected chi connectivity index (χ4v) is 5.04. The number of anilines is 1. The summed E-state index contributed by atoms with van der Waals surface area (Å²) in [6.07, 6.45) is 5.76. The maximum Gasteiger partial charge on any atom is 0.225 e. The van der Waals surface area contributed by atoms with Crippen LogP contribution in [0, 0.1) is 17.1 Å². The lowest BCUT2D eigenvalue weighted by atomic mass is 10.1. The minimum Gasteiger partial charge on any atom is -0.317 e. The molecule has 1 amide bonds. The van der Waals surface area contributed by atoms with Crippen LogP contribution in [0.4, 0.5) is 9.39 Å². The van der Waals surface area contributed by atoms with Gasteiger partial charge in [-0.1, -0.05) is 6.42 Å². The van der Waals surface area contributed by atoms with E-state index in [0.717, 1.165) is 36.1 Å². The second-order valence-electron chi connectivity index (χ2n) is 5.98. The number of thiophene rings is 1. The molecular formula is C19H19FN2OS2. The Labute approximate surface area is 155 Å². The average Bonchev–Trinajstić information content (AvgIpc) is 2.76. The second kappa shape index (κ2) is 8.50. The molecule has 0 unspecified atom stereocenters. The Kier molecular flexibility index (Phi) is 6.11. The predicted molar refractivity (Wildman–Crippen MR) is 101 cm³/mol. The third-order valence-electron chi connectivity index (χ3n) is 4.20. The Morgan fingerprint density at radius 1 is 1.24 bits per heavy atom. The first-order valence-electron chi connectivity index (χ1n) is 8.40. The summed E-state index contributed by atoms with van der Waals surface area (Å²) in [4.78, 5) is 14.4. The SMILES string of the molecule is N#Cc1c(NC(=O)CCSc2ccc(F)cc2)sc2c1CCCCC2. The van der Waals surface area contributed by atoms with Gasteiger partial charge >= 0.3 is 0 Å². The number of hydrogen-bond acceptors (Lipinski definition) is 4. The zero-order valence-electron chi connectivity index (χ0n) is 13.8. The molecule has 25 heavy (non-hydrogen) atoms. The van der Waals surface area contributed by atoms with Gasteiger partial charge < -0.3 is 5.32 Å². The lowest BCUT2D eigenvalue weighted by Gasteiger charge is -2.04. The average molecular weight is 375 g/mol. The number of benzene rings is 1. The number of rotatable bonds is 5. The molecule has 1 heterocycles. The topological polar surface area (TPSA) is 52.9 Å². The third-order valence-corrected chi connectivity index (χ3v) is 6.42. The molecule has 0 atom stereocenters. The molecule has 0 fully saturated rings. The number of fused-ring (bicyclic) bond motifs is 1. The molecule has 130 valence electrons. The van der Waals surface area contributed by atoms with E-state index in [4.69, 9.17) is 0 Å². The highest BCUT2D eigenvalue weighted by Crippen LogP contribution is 2.37. The van der Waals surface area contributed by atoms with Gasteiger partial charge in [-0.2, -0.15) is 5.26 Å². The Morgan fingerprint density at radius 3 is 2.76 bits per heavy atom. The molecule has 1 aliphatic rings. The molecule has 0 saturated carbocycles. The third kappa shape index (κ3) is 4.62. The van der Waals surface area contributed by atoms with Gasteiger partial charge in [0.05, 0.1) is 5.56 Å². The van der Waals surface area contributed by atoms with Gasteiger partial charge in [0.25, 0.3) is 0 Å². The van der Waals surface area contributed by atoms with E-state index in [1.807, 2.05) is 0 Å². The quantitative estimate of drug-likeness (QED) is 0.582. The van der Waals surface area contributed by atoms with Crippen LogP contribution in [-0.4, -0.2) is 11.7 Å². The summed E-state index contributed by atoms with van der Waals surface area (Å²) in [6, 6.07) is 8.53. The molecule has 2 aromatic rings. The molecule has 1 aromatic carbocycles. The zero-order valence-corrected chi connectivity index (χ0v) is 15.4. The summed E-state index contributed by atoms with van der Waals surface area (Å²) in [5.41, 5.74) is 1.79. The van der Waals surface area contributed by atoms with Crippen molar-refractivity contribution < 1.29 is 9.18 Å². The van der Waals surface area contributed by atoms with Crippen LogP contribution in [0.1, 0.15) is 41.7 Å². The molecular weight excluding hydrogens is 355 g/mol. The highest BCUT2D eigenvalue weighted by Gasteiger charge is 2.20.